The van der Waals surface area contributed by atoms with Crippen molar-refractivity contribution in [2.24, 2.45) is 5.92 Å². The first-order chi connectivity index (χ1) is 18.5. The van der Waals surface area contributed by atoms with E-state index in [-0.39, 0.29) is 35.1 Å². The highest BCUT2D eigenvalue weighted by Gasteiger charge is 2.35. The molecule has 1 aromatic heterocycles. The molecule has 2 atom stereocenters. The molecule has 2 aliphatic carbocycles. The van der Waals surface area contributed by atoms with Crippen LogP contribution < -0.4 is 9.21 Å². The van der Waals surface area contributed by atoms with Crippen LogP contribution in [0.25, 0.3) is 0 Å². The molecule has 2 aromatic rings. The molecule has 13 heteroatoms. The molecule has 0 radical (unpaired) electrons. The van der Waals surface area contributed by atoms with Crippen LogP contribution in [-0.2, 0) is 23.7 Å². The molecule has 0 spiro atoms. The molecule has 1 aliphatic heterocycles. The first-order valence-electron chi connectivity index (χ1n) is 12.9. The van der Waals surface area contributed by atoms with Crippen molar-refractivity contribution in [2.75, 3.05) is 18.8 Å². The fourth-order valence-electron chi connectivity index (χ4n) is 4.80. The molecular formula is C26H28ClF4N3O4S. The molecule has 39 heavy (non-hydrogen) atoms. The van der Waals surface area contributed by atoms with Gasteiger partial charge in [-0.3, -0.25) is 4.90 Å². The summed E-state index contributed by atoms with van der Waals surface area (Å²) in [7, 11) is -1.95. The molecule has 2 unspecified atom stereocenters. The molecule has 7 nitrogen and oxygen atoms in total. The van der Waals surface area contributed by atoms with Gasteiger partial charge >= 0.3 is 12.1 Å². The number of pyridine rings is 1. The van der Waals surface area contributed by atoms with Crippen LogP contribution in [0.15, 0.2) is 24.4 Å². The smallest absolute Gasteiger partial charge is 0.418 e. The van der Waals surface area contributed by atoms with E-state index in [1.165, 1.54) is 12.1 Å². The number of likely N-dealkylation sites (tertiary alicyclic amines) is 1. The van der Waals surface area contributed by atoms with Crippen LogP contribution in [-0.4, -0.2) is 44.9 Å². The van der Waals surface area contributed by atoms with Gasteiger partial charge in [-0.25, -0.2) is 18.6 Å². The third kappa shape index (κ3) is 6.97. The molecule has 3 fully saturated rings. The van der Waals surface area contributed by atoms with Crippen LogP contribution in [0.5, 0.6) is 5.88 Å². The first-order valence-corrected chi connectivity index (χ1v) is 14.6. The van der Waals surface area contributed by atoms with Crippen LogP contribution >= 0.6 is 11.6 Å². The van der Waals surface area contributed by atoms with Gasteiger partial charge in [-0.05, 0) is 73.6 Å². The monoisotopic (exact) mass is 589 g/mol. The van der Waals surface area contributed by atoms with Gasteiger partial charge in [0.05, 0.1) is 22.5 Å². The standard InChI is InChI=1S/C26H28ClF4N3O4S/c27-22-12-32-24(11-21(22)26(29,30)31)38-18-5-7-33(8-6-18)13-17-9-23(28)20(10-19(17)16-3-4-16)25(35)34(36)39(37)14-15-1-2-15/h9-12,15-16,18,34H,1-8,13-14H2. The molecule has 5 rings (SSSR count). The van der Waals surface area contributed by atoms with Crippen molar-refractivity contribution in [3.63, 3.8) is 0 Å². The molecule has 1 aromatic carbocycles. The fraction of sp³-hybridized carbons (Fsp3) is 0.538. The molecule has 1 N–H and O–H groups in total. The maximum Gasteiger partial charge on any atom is 0.418 e. The number of hydroxylamine groups is 1. The third-order valence-corrected chi connectivity index (χ3v) is 8.99. The van der Waals surface area contributed by atoms with Gasteiger partial charge in [-0.1, -0.05) is 11.6 Å². The van der Waals surface area contributed by atoms with E-state index in [9.17, 15) is 27.4 Å². The first kappa shape index (κ1) is 28.4. The van der Waals surface area contributed by atoms with E-state index in [1.54, 1.807) is 0 Å². The van der Waals surface area contributed by atoms with Gasteiger partial charge < -0.3 is 9.94 Å². The number of nitrogens with zero attached hydrogens (tertiary/aromatic N) is 2. The number of benzene rings is 1. The van der Waals surface area contributed by atoms with Gasteiger partial charge in [0.25, 0.3) is 0 Å². The Kier molecular flexibility index (Phi) is 8.30. The fourth-order valence-corrected chi connectivity index (χ4v) is 6.24. The van der Waals surface area contributed by atoms with Crippen LogP contribution in [0.3, 0.4) is 0 Å². The second-order valence-electron chi connectivity index (χ2n) is 10.5. The summed E-state index contributed by atoms with van der Waals surface area (Å²) < 4.78 is 71.3. The third-order valence-electron chi connectivity index (χ3n) is 7.32. The average Bonchev–Trinajstić information content (AvgIpc) is 3.81. The Balaban J connectivity index is 1.22. The Morgan fingerprint density at radius 3 is 2.46 bits per heavy atom. The Labute approximate surface area is 230 Å². The minimum absolute atomic E-state index is 0.142. The van der Waals surface area contributed by atoms with E-state index >= 15 is 4.39 Å². The summed E-state index contributed by atoms with van der Waals surface area (Å²) in [5, 5.41) is 11.9. The van der Waals surface area contributed by atoms with Crippen LogP contribution in [0.4, 0.5) is 17.6 Å². The van der Waals surface area contributed by atoms with Crippen LogP contribution in [0.1, 0.15) is 71.5 Å². The molecular weight excluding hydrogens is 562 g/mol. The number of rotatable bonds is 9. The van der Waals surface area contributed by atoms with Crippen molar-refractivity contribution < 1.29 is 35.8 Å². The quantitative estimate of drug-likeness (QED) is 0.344. The number of halogens is 5. The number of nitrogens with one attached hydrogen (secondary N) is 1. The molecule has 1 amide bonds. The van der Waals surface area contributed by atoms with E-state index < -0.39 is 43.9 Å². The summed E-state index contributed by atoms with van der Waals surface area (Å²) >= 11 is 5.63. The number of carbonyl (C=O) groups is 1. The number of quaternary nitrogens is 1. The lowest BCUT2D eigenvalue weighted by molar-refractivity contribution is -0.600. The second-order valence-corrected chi connectivity index (χ2v) is 12.3. The highest BCUT2D eigenvalue weighted by Crippen LogP contribution is 2.43. The van der Waals surface area contributed by atoms with Gasteiger partial charge in [0.2, 0.25) is 16.9 Å². The number of ether oxygens (including phenoxy) is 1. The summed E-state index contributed by atoms with van der Waals surface area (Å²) in [6, 6.07) is 3.56. The lowest BCUT2D eigenvalue weighted by Crippen LogP contribution is -3.10. The second kappa shape index (κ2) is 11.4. The Morgan fingerprint density at radius 1 is 1.15 bits per heavy atom. The maximum absolute atomic E-state index is 15.1. The maximum atomic E-state index is 15.1. The van der Waals surface area contributed by atoms with Crippen molar-refractivity contribution >= 4 is 28.5 Å². The predicted molar refractivity (Wildman–Crippen MR) is 136 cm³/mol. The number of hydrogen-bond acceptors (Lipinski definition) is 6. The van der Waals surface area contributed by atoms with Crippen LogP contribution in [0, 0.1) is 16.9 Å². The highest BCUT2D eigenvalue weighted by molar-refractivity contribution is 7.78. The van der Waals surface area contributed by atoms with Crippen molar-refractivity contribution in [2.45, 2.75) is 63.3 Å². The number of carbonyl (C=O) groups excluding carboxylic acids is 1. The molecule has 1 saturated heterocycles. The lowest BCUT2D eigenvalue weighted by Gasteiger charge is -2.32. The van der Waals surface area contributed by atoms with Gasteiger partial charge in [0.15, 0.2) is 0 Å². The van der Waals surface area contributed by atoms with Gasteiger partial charge in [-0.2, -0.15) is 17.4 Å². The zero-order valence-corrected chi connectivity index (χ0v) is 22.5. The zero-order valence-electron chi connectivity index (χ0n) is 20.9. The highest BCUT2D eigenvalue weighted by atomic mass is 35.5. The topological polar surface area (TPSA) is 87.0 Å². The van der Waals surface area contributed by atoms with Crippen molar-refractivity contribution in [1.82, 2.24) is 9.88 Å². The summed E-state index contributed by atoms with van der Waals surface area (Å²) in [6.45, 7) is 1.55. The molecule has 212 valence electrons. The molecule has 2 saturated carbocycles. The number of amides is 1. The van der Waals surface area contributed by atoms with E-state index in [1.807, 2.05) is 0 Å². The van der Waals surface area contributed by atoms with Crippen molar-refractivity contribution in [3.8, 4) is 5.88 Å². The van der Waals surface area contributed by atoms with Crippen molar-refractivity contribution in [1.29, 1.82) is 0 Å². The van der Waals surface area contributed by atoms with E-state index in [4.69, 9.17) is 16.3 Å². The van der Waals surface area contributed by atoms with Gasteiger partial charge in [-0.15, -0.1) is 0 Å². The van der Waals surface area contributed by atoms with Crippen molar-refractivity contribution in [3.05, 3.63) is 62.7 Å². The lowest BCUT2D eigenvalue weighted by atomic mass is 9.97. The largest absolute Gasteiger partial charge is 0.612 e. The normalized spacial score (nSPS) is 20.6. The Morgan fingerprint density at radius 2 is 1.85 bits per heavy atom. The average molecular weight is 590 g/mol. The SMILES string of the molecule is O=C(c1cc(C2CC2)c(CN2CCC(Oc3cc(C(F)(F)F)c(Cl)cn3)CC2)cc1F)[NH+]([O-])S(=O)CC1CC1. The number of aromatic nitrogens is 1. The van der Waals surface area contributed by atoms with E-state index in [0.717, 1.165) is 49.1 Å². The number of alkyl halides is 3. The van der Waals surface area contributed by atoms with Crippen LogP contribution in [0.2, 0.25) is 5.02 Å². The summed E-state index contributed by atoms with van der Waals surface area (Å²) in [5.41, 5.74) is 0.227. The number of hydrogen-bond donors (Lipinski definition) is 1. The van der Waals surface area contributed by atoms with E-state index in [0.29, 0.717) is 32.5 Å². The molecule has 3 aliphatic rings. The summed E-state index contributed by atoms with van der Waals surface area (Å²) in [5.74, 6) is -1.45. The minimum atomic E-state index is -4.61. The van der Waals surface area contributed by atoms with E-state index in [2.05, 4.69) is 9.88 Å². The molecule has 2 heterocycles. The zero-order chi connectivity index (χ0) is 27.9. The van der Waals surface area contributed by atoms with Gasteiger partial charge in [0.1, 0.15) is 17.5 Å². The Hall–Kier alpha value is -2.12. The number of piperidine rings is 1. The summed E-state index contributed by atoms with van der Waals surface area (Å²) in [4.78, 5) is 18.7. The predicted octanol–water partition coefficient (Wildman–Crippen LogP) is 4.41. The summed E-state index contributed by atoms with van der Waals surface area (Å²) in [6.07, 6.45) is 0.626. The Bertz CT molecular complexity index is 1260. The van der Waals surface area contributed by atoms with Gasteiger partial charge in [0, 0.05) is 25.7 Å². The molecule has 0 bridgehead atoms. The minimum Gasteiger partial charge on any atom is -0.612 e.